The number of aromatic nitrogens is 2. The van der Waals surface area contributed by atoms with Gasteiger partial charge in [0.2, 0.25) is 6.10 Å². The zero-order valence-electron chi connectivity index (χ0n) is 19.2. The van der Waals surface area contributed by atoms with Gasteiger partial charge in [-0.05, 0) is 30.5 Å². The number of ether oxygens (including phenoxy) is 4. The minimum Gasteiger partial charge on any atom is -0.497 e. The zero-order chi connectivity index (χ0) is 25.1. The second-order valence-corrected chi connectivity index (χ2v) is 8.75. The second-order valence-electron chi connectivity index (χ2n) is 8.75. The Morgan fingerprint density at radius 1 is 1.26 bits per heavy atom. The van der Waals surface area contributed by atoms with Crippen molar-refractivity contribution in [3.05, 3.63) is 48.0 Å². The molecule has 1 spiro atoms. The number of amides is 1. The number of likely N-dealkylation sites (tertiary alicyclic amines) is 1. The SMILES string of the molecule is COc1ccc(COC[C@@H](OC(=O)N2CCC3(CC2)CC(n2cc(F)cn2)CO3)C(F)(F)F)cc1. The summed E-state index contributed by atoms with van der Waals surface area (Å²) < 4.78 is 76.2. The van der Waals surface area contributed by atoms with Crippen LogP contribution in [0.2, 0.25) is 0 Å². The molecule has 2 fully saturated rings. The topological polar surface area (TPSA) is 75.1 Å². The molecule has 0 bridgehead atoms. The highest BCUT2D eigenvalue weighted by Crippen LogP contribution is 2.40. The number of piperidine rings is 1. The number of hydrogen-bond acceptors (Lipinski definition) is 6. The summed E-state index contributed by atoms with van der Waals surface area (Å²) in [6, 6.07) is 6.57. The van der Waals surface area contributed by atoms with Crippen LogP contribution < -0.4 is 4.74 Å². The van der Waals surface area contributed by atoms with Gasteiger partial charge in [-0.1, -0.05) is 12.1 Å². The van der Waals surface area contributed by atoms with E-state index < -0.39 is 36.4 Å². The number of carbonyl (C=O) groups excluding carboxylic acids is 1. The van der Waals surface area contributed by atoms with Crippen molar-refractivity contribution in [2.24, 2.45) is 0 Å². The molecule has 2 atom stereocenters. The first-order chi connectivity index (χ1) is 16.7. The molecule has 1 aromatic carbocycles. The summed E-state index contributed by atoms with van der Waals surface area (Å²) in [5, 5.41) is 3.98. The van der Waals surface area contributed by atoms with Crippen LogP contribution in [0.15, 0.2) is 36.7 Å². The highest BCUT2D eigenvalue weighted by molar-refractivity contribution is 5.68. The number of benzene rings is 1. The van der Waals surface area contributed by atoms with E-state index >= 15 is 0 Å². The molecule has 2 saturated heterocycles. The number of halogens is 4. The van der Waals surface area contributed by atoms with E-state index in [0.29, 0.717) is 37.2 Å². The lowest BCUT2D eigenvalue weighted by atomic mass is 9.87. The van der Waals surface area contributed by atoms with Crippen LogP contribution in [-0.2, 0) is 20.8 Å². The van der Waals surface area contributed by atoms with Gasteiger partial charge in [0.15, 0.2) is 5.82 Å². The lowest BCUT2D eigenvalue weighted by Gasteiger charge is -2.38. The van der Waals surface area contributed by atoms with Crippen molar-refractivity contribution in [2.75, 3.05) is 33.4 Å². The number of hydrogen-bond donors (Lipinski definition) is 0. The Kier molecular flexibility index (Phi) is 7.50. The molecule has 8 nitrogen and oxygen atoms in total. The molecule has 2 aliphatic rings. The van der Waals surface area contributed by atoms with Crippen LogP contribution >= 0.6 is 0 Å². The van der Waals surface area contributed by atoms with Gasteiger partial charge in [0, 0.05) is 19.5 Å². The molecule has 4 rings (SSSR count). The Labute approximate surface area is 199 Å². The number of carbonyl (C=O) groups is 1. The predicted octanol–water partition coefficient (Wildman–Crippen LogP) is 4.11. The van der Waals surface area contributed by atoms with Gasteiger partial charge in [0.05, 0.1) is 51.0 Å². The molecule has 1 aromatic heterocycles. The van der Waals surface area contributed by atoms with Crippen molar-refractivity contribution < 1.29 is 41.3 Å². The van der Waals surface area contributed by atoms with Crippen LogP contribution in [0.1, 0.15) is 30.9 Å². The normalized spacial score (nSPS) is 20.7. The maximum atomic E-state index is 13.5. The molecule has 0 aliphatic carbocycles. The highest BCUT2D eigenvalue weighted by atomic mass is 19.4. The summed E-state index contributed by atoms with van der Waals surface area (Å²) >= 11 is 0. The van der Waals surface area contributed by atoms with E-state index in [2.05, 4.69) is 5.10 Å². The van der Waals surface area contributed by atoms with Gasteiger partial charge in [-0.25, -0.2) is 9.18 Å². The van der Waals surface area contributed by atoms with Gasteiger partial charge in [-0.3, -0.25) is 4.68 Å². The summed E-state index contributed by atoms with van der Waals surface area (Å²) in [5.41, 5.74) is 0.140. The van der Waals surface area contributed by atoms with Gasteiger partial charge in [-0.15, -0.1) is 0 Å². The largest absolute Gasteiger partial charge is 0.497 e. The molecule has 192 valence electrons. The molecule has 0 saturated carbocycles. The molecule has 2 aliphatic heterocycles. The molecule has 0 radical (unpaired) electrons. The van der Waals surface area contributed by atoms with E-state index in [0.717, 1.165) is 6.20 Å². The van der Waals surface area contributed by atoms with Crippen LogP contribution in [0.3, 0.4) is 0 Å². The number of rotatable bonds is 7. The minimum absolute atomic E-state index is 0.0704. The first-order valence-electron chi connectivity index (χ1n) is 11.2. The quantitative estimate of drug-likeness (QED) is 0.532. The van der Waals surface area contributed by atoms with E-state index in [9.17, 15) is 22.4 Å². The second kappa shape index (κ2) is 10.4. The van der Waals surface area contributed by atoms with Crippen molar-refractivity contribution >= 4 is 6.09 Å². The summed E-state index contributed by atoms with van der Waals surface area (Å²) in [7, 11) is 1.51. The average Bonchev–Trinajstić information content (AvgIpc) is 3.45. The number of alkyl halides is 3. The third kappa shape index (κ3) is 6.23. The van der Waals surface area contributed by atoms with Gasteiger partial charge in [0.1, 0.15) is 5.75 Å². The van der Waals surface area contributed by atoms with Crippen molar-refractivity contribution in [2.45, 2.75) is 49.8 Å². The van der Waals surface area contributed by atoms with Crippen LogP contribution in [0.4, 0.5) is 22.4 Å². The van der Waals surface area contributed by atoms with Crippen molar-refractivity contribution in [1.82, 2.24) is 14.7 Å². The standard InChI is InChI=1S/C23H27F4N3O5/c1-32-19-4-2-16(3-5-19)13-33-15-20(23(25,26)27)35-21(31)29-8-6-22(7-9-29)10-18(14-34-22)30-12-17(24)11-28-30/h2-5,11-12,18,20H,6-10,13-15H2,1H3/t18?,20-/m1/s1. The van der Waals surface area contributed by atoms with E-state index in [1.807, 2.05) is 0 Å². The van der Waals surface area contributed by atoms with Crippen molar-refractivity contribution in [1.29, 1.82) is 0 Å². The van der Waals surface area contributed by atoms with Crippen molar-refractivity contribution in [3.63, 3.8) is 0 Å². The van der Waals surface area contributed by atoms with Gasteiger partial charge >= 0.3 is 12.3 Å². The molecule has 2 aromatic rings. The fourth-order valence-corrected chi connectivity index (χ4v) is 4.35. The van der Waals surface area contributed by atoms with Crippen LogP contribution in [0.5, 0.6) is 5.75 Å². The molecule has 1 amide bonds. The lowest BCUT2D eigenvalue weighted by molar-refractivity contribution is -0.220. The average molecular weight is 501 g/mol. The maximum Gasteiger partial charge on any atom is 0.427 e. The van der Waals surface area contributed by atoms with Gasteiger partial charge in [0.25, 0.3) is 0 Å². The monoisotopic (exact) mass is 501 g/mol. The van der Waals surface area contributed by atoms with Crippen LogP contribution in [0, 0.1) is 5.82 Å². The fourth-order valence-electron chi connectivity index (χ4n) is 4.35. The first kappa shape index (κ1) is 25.2. The number of methoxy groups -OCH3 is 1. The molecular formula is C23H27F4N3O5. The van der Waals surface area contributed by atoms with E-state index in [-0.39, 0.29) is 25.7 Å². The molecule has 12 heteroatoms. The molecule has 0 N–H and O–H groups in total. The Balaban J connectivity index is 1.26. The third-order valence-electron chi connectivity index (χ3n) is 6.37. The van der Waals surface area contributed by atoms with E-state index in [1.165, 1.54) is 22.9 Å². The Hall–Kier alpha value is -2.86. The first-order valence-corrected chi connectivity index (χ1v) is 11.2. The molecule has 1 unspecified atom stereocenters. The van der Waals surface area contributed by atoms with Crippen LogP contribution in [-0.4, -0.2) is 72.1 Å². The molecular weight excluding hydrogens is 474 g/mol. The Morgan fingerprint density at radius 3 is 2.57 bits per heavy atom. The Bertz CT molecular complexity index is 990. The van der Waals surface area contributed by atoms with E-state index in [1.54, 1.807) is 24.3 Å². The maximum absolute atomic E-state index is 13.5. The fraction of sp³-hybridized carbons (Fsp3) is 0.565. The van der Waals surface area contributed by atoms with Crippen LogP contribution in [0.25, 0.3) is 0 Å². The lowest BCUT2D eigenvalue weighted by Crippen LogP contribution is -2.49. The van der Waals surface area contributed by atoms with Gasteiger partial charge in [-0.2, -0.15) is 18.3 Å². The summed E-state index contributed by atoms with van der Waals surface area (Å²) in [4.78, 5) is 13.7. The Morgan fingerprint density at radius 2 is 1.97 bits per heavy atom. The minimum atomic E-state index is -4.77. The van der Waals surface area contributed by atoms with Gasteiger partial charge < -0.3 is 23.8 Å². The summed E-state index contributed by atoms with van der Waals surface area (Å²) in [5.74, 6) is 0.184. The zero-order valence-corrected chi connectivity index (χ0v) is 19.2. The highest BCUT2D eigenvalue weighted by Gasteiger charge is 2.47. The third-order valence-corrected chi connectivity index (χ3v) is 6.37. The molecule has 35 heavy (non-hydrogen) atoms. The van der Waals surface area contributed by atoms with Crippen molar-refractivity contribution in [3.8, 4) is 5.75 Å². The summed E-state index contributed by atoms with van der Waals surface area (Å²) in [6.45, 7) is -0.150. The van der Waals surface area contributed by atoms with E-state index in [4.69, 9.17) is 18.9 Å². The molecule has 3 heterocycles. The summed E-state index contributed by atoms with van der Waals surface area (Å²) in [6.07, 6.45) is -4.31. The smallest absolute Gasteiger partial charge is 0.427 e. The number of nitrogens with zero attached hydrogens (tertiary/aromatic N) is 3. The predicted molar refractivity (Wildman–Crippen MR) is 114 cm³/mol.